The molecule has 0 aromatic heterocycles. The van der Waals surface area contributed by atoms with E-state index >= 15 is 0 Å². The van der Waals surface area contributed by atoms with Crippen LogP contribution in [0.2, 0.25) is 0 Å². The van der Waals surface area contributed by atoms with Gasteiger partial charge in [-0.1, -0.05) is 0 Å². The van der Waals surface area contributed by atoms with Crippen molar-refractivity contribution in [1.29, 1.82) is 0 Å². The van der Waals surface area contributed by atoms with E-state index in [0.29, 0.717) is 11.5 Å². The fourth-order valence-corrected chi connectivity index (χ4v) is 1.88. The molecule has 0 aliphatic heterocycles. The minimum atomic E-state index is -0.245. The van der Waals surface area contributed by atoms with E-state index in [2.05, 4.69) is 28.0 Å². The third-order valence-corrected chi connectivity index (χ3v) is 3.07. The molecule has 88 valence electrons. The van der Waals surface area contributed by atoms with Gasteiger partial charge in [0.15, 0.2) is 11.5 Å². The summed E-state index contributed by atoms with van der Waals surface area (Å²) in [6.45, 7) is 0. The van der Waals surface area contributed by atoms with Crippen molar-refractivity contribution in [3.05, 3.63) is 21.3 Å². The van der Waals surface area contributed by atoms with Gasteiger partial charge >= 0.3 is 0 Å². The molecule has 0 saturated heterocycles. The monoisotopic (exact) mass is 336 g/mol. The summed E-state index contributed by atoms with van der Waals surface area (Å²) in [5, 5.41) is 0. The number of ether oxygens (including phenoxy) is 2. The van der Waals surface area contributed by atoms with E-state index in [4.69, 9.17) is 15.3 Å². The van der Waals surface area contributed by atoms with Crippen LogP contribution in [0.5, 0.6) is 11.5 Å². The topological polar surface area (TPSA) is 73.6 Å². The molecule has 1 aromatic rings. The minimum Gasteiger partial charge on any atom is -0.493 e. The highest BCUT2D eigenvalue weighted by Crippen LogP contribution is 2.31. The first-order valence-electron chi connectivity index (χ1n) is 4.52. The zero-order chi connectivity index (χ0) is 12.1. The predicted molar refractivity (Wildman–Crippen MR) is 68.3 cm³/mol. The zero-order valence-electron chi connectivity index (χ0n) is 9.04. The molecule has 0 unspecified atom stereocenters. The van der Waals surface area contributed by atoms with Gasteiger partial charge in [-0.25, -0.2) is 5.84 Å². The highest BCUT2D eigenvalue weighted by molar-refractivity contribution is 14.1. The quantitative estimate of drug-likeness (QED) is 0.370. The van der Waals surface area contributed by atoms with Gasteiger partial charge in [-0.2, -0.15) is 0 Å². The maximum Gasteiger partial charge on any atom is 0.238 e. The third-order valence-electron chi connectivity index (χ3n) is 2.06. The number of carbonyl (C=O) groups is 1. The minimum absolute atomic E-state index is 0.217. The van der Waals surface area contributed by atoms with Gasteiger partial charge < -0.3 is 9.47 Å². The summed E-state index contributed by atoms with van der Waals surface area (Å²) in [6, 6.07) is 3.59. The van der Waals surface area contributed by atoms with E-state index in [1.807, 2.05) is 6.07 Å². The Morgan fingerprint density at radius 2 is 1.94 bits per heavy atom. The lowest BCUT2D eigenvalue weighted by Gasteiger charge is -2.11. The molecule has 0 bridgehead atoms. The van der Waals surface area contributed by atoms with Gasteiger partial charge in [-0.15, -0.1) is 0 Å². The lowest BCUT2D eigenvalue weighted by molar-refractivity contribution is -0.120. The van der Waals surface area contributed by atoms with Crippen molar-refractivity contribution in [3.63, 3.8) is 0 Å². The van der Waals surface area contributed by atoms with Gasteiger partial charge in [0, 0.05) is 3.57 Å². The second-order valence-corrected chi connectivity index (χ2v) is 4.21. The smallest absolute Gasteiger partial charge is 0.238 e. The van der Waals surface area contributed by atoms with Crippen LogP contribution in [0.25, 0.3) is 0 Å². The number of rotatable bonds is 4. The average Bonchev–Trinajstić information content (AvgIpc) is 2.30. The first kappa shape index (κ1) is 13.0. The first-order chi connectivity index (χ1) is 7.62. The lowest BCUT2D eigenvalue weighted by Crippen LogP contribution is -2.31. The van der Waals surface area contributed by atoms with E-state index < -0.39 is 0 Å². The SMILES string of the molecule is COc1cc(I)c(CC(=O)NN)cc1OC. The van der Waals surface area contributed by atoms with Crippen LogP contribution in [-0.2, 0) is 11.2 Å². The highest BCUT2D eigenvalue weighted by atomic mass is 127. The van der Waals surface area contributed by atoms with E-state index in [9.17, 15) is 4.79 Å². The Kier molecular flexibility index (Phi) is 4.81. The molecule has 0 saturated carbocycles. The summed E-state index contributed by atoms with van der Waals surface area (Å²) in [6.07, 6.45) is 0.217. The second kappa shape index (κ2) is 5.90. The largest absolute Gasteiger partial charge is 0.493 e. The lowest BCUT2D eigenvalue weighted by atomic mass is 10.1. The van der Waals surface area contributed by atoms with Crippen molar-refractivity contribution in [2.45, 2.75) is 6.42 Å². The zero-order valence-corrected chi connectivity index (χ0v) is 11.2. The molecule has 0 heterocycles. The van der Waals surface area contributed by atoms with Crippen molar-refractivity contribution < 1.29 is 14.3 Å². The average molecular weight is 336 g/mol. The number of amides is 1. The molecule has 0 radical (unpaired) electrons. The number of hydrazine groups is 1. The molecular formula is C10H13IN2O3. The standard InChI is InChI=1S/C10H13IN2O3/c1-15-8-3-6(4-10(14)13-12)7(11)5-9(8)16-2/h3,5H,4,12H2,1-2H3,(H,13,14). The molecule has 1 aromatic carbocycles. The van der Waals surface area contributed by atoms with Crippen molar-refractivity contribution >= 4 is 28.5 Å². The summed E-state index contributed by atoms with van der Waals surface area (Å²) in [5.74, 6) is 6.04. The van der Waals surface area contributed by atoms with Crippen LogP contribution in [0, 0.1) is 3.57 Å². The van der Waals surface area contributed by atoms with Crippen molar-refractivity contribution in [2.24, 2.45) is 5.84 Å². The number of hydrogen-bond acceptors (Lipinski definition) is 4. The predicted octanol–water partition coefficient (Wildman–Crippen LogP) is 0.841. The van der Waals surface area contributed by atoms with Crippen molar-refractivity contribution in [2.75, 3.05) is 14.2 Å². The highest BCUT2D eigenvalue weighted by Gasteiger charge is 2.11. The molecule has 0 aliphatic carbocycles. The Hall–Kier alpha value is -1.02. The van der Waals surface area contributed by atoms with Crippen molar-refractivity contribution in [3.8, 4) is 11.5 Å². The number of benzene rings is 1. The maximum absolute atomic E-state index is 11.2. The number of halogens is 1. The van der Waals surface area contributed by atoms with Gasteiger partial charge in [-0.3, -0.25) is 10.2 Å². The molecule has 6 heteroatoms. The Morgan fingerprint density at radius 1 is 1.38 bits per heavy atom. The molecule has 1 amide bonds. The summed E-state index contributed by atoms with van der Waals surface area (Å²) in [4.78, 5) is 11.2. The molecule has 16 heavy (non-hydrogen) atoms. The maximum atomic E-state index is 11.2. The van der Waals surface area contributed by atoms with E-state index in [0.717, 1.165) is 9.13 Å². The van der Waals surface area contributed by atoms with E-state index in [1.165, 1.54) is 0 Å². The van der Waals surface area contributed by atoms with Gasteiger partial charge in [0.05, 0.1) is 20.6 Å². The summed E-state index contributed by atoms with van der Waals surface area (Å²) in [5.41, 5.74) is 2.94. The van der Waals surface area contributed by atoms with Crippen LogP contribution in [-0.4, -0.2) is 20.1 Å². The molecule has 0 aliphatic rings. The summed E-state index contributed by atoms with van der Waals surface area (Å²) >= 11 is 2.14. The van der Waals surface area contributed by atoms with Gasteiger partial charge in [0.1, 0.15) is 0 Å². The first-order valence-corrected chi connectivity index (χ1v) is 5.60. The van der Waals surface area contributed by atoms with Crippen LogP contribution >= 0.6 is 22.6 Å². The Labute approximate surface area is 107 Å². The van der Waals surface area contributed by atoms with Crippen LogP contribution in [0.4, 0.5) is 0 Å². The molecule has 1 rings (SSSR count). The third kappa shape index (κ3) is 2.99. The van der Waals surface area contributed by atoms with Crippen molar-refractivity contribution in [1.82, 2.24) is 5.43 Å². The van der Waals surface area contributed by atoms with E-state index in [-0.39, 0.29) is 12.3 Å². The number of hydrogen-bond donors (Lipinski definition) is 2. The molecule has 5 nitrogen and oxygen atoms in total. The molecule has 0 spiro atoms. The fraction of sp³-hybridized carbons (Fsp3) is 0.300. The van der Waals surface area contributed by atoms with Crippen LogP contribution in [0.15, 0.2) is 12.1 Å². The van der Waals surface area contributed by atoms with Crippen LogP contribution < -0.4 is 20.7 Å². The Bertz CT molecular complexity index is 396. The molecule has 0 fully saturated rings. The number of methoxy groups -OCH3 is 2. The normalized spacial score (nSPS) is 9.75. The van der Waals surface area contributed by atoms with Crippen LogP contribution in [0.1, 0.15) is 5.56 Å². The summed E-state index contributed by atoms with van der Waals surface area (Å²) in [7, 11) is 3.12. The number of nitrogens with one attached hydrogen (secondary N) is 1. The Morgan fingerprint density at radius 3 is 2.44 bits per heavy atom. The van der Waals surface area contributed by atoms with Gasteiger partial charge in [0.25, 0.3) is 0 Å². The molecule has 3 N–H and O–H groups in total. The fourth-order valence-electron chi connectivity index (χ4n) is 1.26. The Balaban J connectivity index is 3.06. The summed E-state index contributed by atoms with van der Waals surface area (Å²) < 4.78 is 11.2. The van der Waals surface area contributed by atoms with Crippen LogP contribution in [0.3, 0.4) is 0 Å². The number of nitrogens with two attached hydrogens (primary N) is 1. The van der Waals surface area contributed by atoms with Gasteiger partial charge in [0.2, 0.25) is 5.91 Å². The number of carbonyl (C=O) groups excluding carboxylic acids is 1. The molecular weight excluding hydrogens is 323 g/mol. The molecule has 0 atom stereocenters. The second-order valence-electron chi connectivity index (χ2n) is 3.04. The van der Waals surface area contributed by atoms with E-state index in [1.54, 1.807) is 20.3 Å². The van der Waals surface area contributed by atoms with Gasteiger partial charge in [-0.05, 0) is 40.3 Å².